The Labute approximate surface area is 130 Å². The Morgan fingerprint density at radius 3 is 1.77 bits per heavy atom. The molecule has 0 fully saturated rings. The average Bonchev–Trinajstić information content (AvgIpc) is 2.94. The van der Waals surface area contributed by atoms with Gasteiger partial charge in [0, 0.05) is 23.0 Å². The highest BCUT2D eigenvalue weighted by molar-refractivity contribution is 5.44. The molecule has 3 aromatic rings. The van der Waals surface area contributed by atoms with E-state index in [1.54, 1.807) is 12.5 Å². The summed E-state index contributed by atoms with van der Waals surface area (Å²) in [5.41, 5.74) is 3.46. The van der Waals surface area contributed by atoms with Crippen LogP contribution in [0.5, 0.6) is 0 Å². The van der Waals surface area contributed by atoms with Crippen molar-refractivity contribution in [1.82, 2.24) is 9.55 Å². The van der Waals surface area contributed by atoms with Gasteiger partial charge >= 0.3 is 0 Å². The summed E-state index contributed by atoms with van der Waals surface area (Å²) in [5, 5.41) is 11.8. The predicted molar refractivity (Wildman–Crippen MR) is 87.7 cm³/mol. The lowest BCUT2D eigenvalue weighted by Gasteiger charge is -2.34. The zero-order chi connectivity index (χ0) is 15.7. The van der Waals surface area contributed by atoms with Crippen molar-refractivity contribution in [2.75, 3.05) is 0 Å². The maximum Gasteiger partial charge on any atom is 0.196 e. The Kier molecular flexibility index (Phi) is 3.59. The van der Waals surface area contributed by atoms with E-state index in [-0.39, 0.29) is 0 Å². The smallest absolute Gasteiger partial charge is 0.196 e. The number of rotatable bonds is 3. The molecule has 3 nitrogen and oxygen atoms in total. The highest BCUT2D eigenvalue weighted by Crippen LogP contribution is 2.35. The van der Waals surface area contributed by atoms with Crippen LogP contribution in [0.1, 0.15) is 27.9 Å². The van der Waals surface area contributed by atoms with Crippen molar-refractivity contribution in [3.8, 4) is 0 Å². The predicted octanol–water partition coefficient (Wildman–Crippen LogP) is 3.55. The van der Waals surface area contributed by atoms with Gasteiger partial charge in [-0.3, -0.25) is 4.57 Å². The summed E-state index contributed by atoms with van der Waals surface area (Å²) in [6.07, 6.45) is 3.45. The molecule has 0 saturated carbocycles. The Hall–Kier alpha value is -2.39. The Morgan fingerprint density at radius 1 is 0.864 bits per heavy atom. The fourth-order valence-corrected chi connectivity index (χ4v) is 3.03. The van der Waals surface area contributed by atoms with Crippen molar-refractivity contribution < 1.29 is 5.11 Å². The molecular weight excluding hydrogens is 272 g/mol. The summed E-state index contributed by atoms with van der Waals surface area (Å²) in [6.45, 7) is 5.99. The van der Waals surface area contributed by atoms with Gasteiger partial charge in [0.1, 0.15) is 0 Å². The normalized spacial score (nSPS) is 11.6. The van der Waals surface area contributed by atoms with E-state index in [1.165, 1.54) is 0 Å². The van der Waals surface area contributed by atoms with E-state index >= 15 is 0 Å². The van der Waals surface area contributed by atoms with Gasteiger partial charge in [0.25, 0.3) is 0 Å². The zero-order valence-electron chi connectivity index (χ0n) is 13.1. The summed E-state index contributed by atoms with van der Waals surface area (Å²) >= 11 is 0. The molecule has 3 rings (SSSR count). The van der Waals surface area contributed by atoms with Crippen LogP contribution in [0.3, 0.4) is 0 Å². The molecule has 0 aliphatic rings. The van der Waals surface area contributed by atoms with Gasteiger partial charge in [0.05, 0.1) is 6.33 Å². The third kappa shape index (κ3) is 2.14. The van der Waals surface area contributed by atoms with Crippen LogP contribution in [0.2, 0.25) is 0 Å². The van der Waals surface area contributed by atoms with Crippen molar-refractivity contribution in [3.63, 3.8) is 0 Å². The van der Waals surface area contributed by atoms with Crippen LogP contribution in [0.4, 0.5) is 0 Å². The molecule has 0 aliphatic heterocycles. The maximum atomic E-state index is 11.8. The highest BCUT2D eigenvalue weighted by atomic mass is 16.3. The van der Waals surface area contributed by atoms with E-state index < -0.39 is 5.72 Å². The number of aryl methyl sites for hydroxylation is 3. The van der Waals surface area contributed by atoms with Gasteiger partial charge in [-0.2, -0.15) is 0 Å². The molecule has 1 N–H and O–H groups in total. The second kappa shape index (κ2) is 5.43. The van der Waals surface area contributed by atoms with Crippen molar-refractivity contribution in [2.24, 2.45) is 0 Å². The molecule has 0 spiro atoms. The van der Waals surface area contributed by atoms with Crippen molar-refractivity contribution in [3.05, 3.63) is 89.0 Å². The molecule has 3 heteroatoms. The topological polar surface area (TPSA) is 38.0 Å². The first-order valence-electron chi connectivity index (χ1n) is 7.39. The van der Waals surface area contributed by atoms with Gasteiger partial charge in [0.2, 0.25) is 0 Å². The SMILES string of the molecule is Cc1ccccc1C(O)(c1ccccc1C)n1cncc1C. The molecule has 0 bridgehead atoms. The Bertz CT molecular complexity index is 759. The molecule has 112 valence electrons. The van der Waals surface area contributed by atoms with Crippen LogP contribution in [0.25, 0.3) is 0 Å². The summed E-state index contributed by atoms with van der Waals surface area (Å²) in [6, 6.07) is 15.9. The molecule has 2 aromatic carbocycles. The van der Waals surface area contributed by atoms with Crippen LogP contribution < -0.4 is 0 Å². The first-order valence-corrected chi connectivity index (χ1v) is 7.39. The molecule has 0 amide bonds. The monoisotopic (exact) mass is 292 g/mol. The first-order chi connectivity index (χ1) is 10.5. The second-order valence-corrected chi connectivity index (χ2v) is 5.71. The number of hydrogen-bond donors (Lipinski definition) is 1. The fourth-order valence-electron chi connectivity index (χ4n) is 3.03. The van der Waals surface area contributed by atoms with Gasteiger partial charge in [0.15, 0.2) is 5.72 Å². The molecule has 0 aliphatic carbocycles. The molecule has 0 unspecified atom stereocenters. The minimum Gasteiger partial charge on any atom is -0.363 e. The van der Waals surface area contributed by atoms with Gasteiger partial charge in [-0.15, -0.1) is 0 Å². The largest absolute Gasteiger partial charge is 0.363 e. The van der Waals surface area contributed by atoms with E-state index in [9.17, 15) is 5.11 Å². The van der Waals surface area contributed by atoms with E-state index in [0.717, 1.165) is 27.9 Å². The number of hydrogen-bond acceptors (Lipinski definition) is 2. The van der Waals surface area contributed by atoms with E-state index in [1.807, 2.05) is 73.9 Å². The number of imidazole rings is 1. The number of nitrogens with zero attached hydrogens (tertiary/aromatic N) is 2. The number of aliphatic hydroxyl groups is 1. The fraction of sp³-hybridized carbons (Fsp3) is 0.211. The highest BCUT2D eigenvalue weighted by Gasteiger charge is 2.36. The minimum absolute atomic E-state index is 0.866. The van der Waals surface area contributed by atoms with E-state index in [0.29, 0.717) is 0 Å². The van der Waals surface area contributed by atoms with Crippen molar-refractivity contribution >= 4 is 0 Å². The van der Waals surface area contributed by atoms with Crippen LogP contribution >= 0.6 is 0 Å². The average molecular weight is 292 g/mol. The molecule has 1 aromatic heterocycles. The summed E-state index contributed by atoms with van der Waals surface area (Å²) in [5.74, 6) is 0. The van der Waals surface area contributed by atoms with Crippen molar-refractivity contribution in [1.29, 1.82) is 0 Å². The summed E-state index contributed by atoms with van der Waals surface area (Å²) in [7, 11) is 0. The molecule has 0 saturated heterocycles. The first kappa shape index (κ1) is 14.5. The second-order valence-electron chi connectivity index (χ2n) is 5.71. The molecule has 0 radical (unpaired) electrons. The standard InChI is InChI=1S/C19H20N2O/c1-14-8-4-6-10-17(14)19(22,21-13-20-12-16(21)3)18-11-7-5-9-15(18)2/h4-13,22H,1-3H3. The molecule has 22 heavy (non-hydrogen) atoms. The quantitative estimate of drug-likeness (QED) is 0.801. The van der Waals surface area contributed by atoms with Crippen LogP contribution in [-0.4, -0.2) is 14.7 Å². The summed E-state index contributed by atoms with van der Waals surface area (Å²) < 4.78 is 1.83. The number of aromatic nitrogens is 2. The Balaban J connectivity index is 2.36. The maximum absolute atomic E-state index is 11.8. The van der Waals surface area contributed by atoms with Crippen LogP contribution in [0.15, 0.2) is 61.1 Å². The molecule has 0 atom stereocenters. The third-order valence-corrected chi connectivity index (χ3v) is 4.21. The minimum atomic E-state index is -1.27. The Morgan fingerprint density at radius 2 is 1.36 bits per heavy atom. The van der Waals surface area contributed by atoms with E-state index in [2.05, 4.69) is 4.98 Å². The lowest BCUT2D eigenvalue weighted by Crippen LogP contribution is -2.37. The van der Waals surface area contributed by atoms with Gasteiger partial charge < -0.3 is 5.11 Å². The lowest BCUT2D eigenvalue weighted by atomic mass is 9.88. The van der Waals surface area contributed by atoms with Gasteiger partial charge in [-0.1, -0.05) is 48.5 Å². The molecule has 1 heterocycles. The van der Waals surface area contributed by atoms with Crippen LogP contribution in [0, 0.1) is 20.8 Å². The summed E-state index contributed by atoms with van der Waals surface area (Å²) in [4.78, 5) is 4.20. The lowest BCUT2D eigenvalue weighted by molar-refractivity contribution is 0.0454. The van der Waals surface area contributed by atoms with Crippen molar-refractivity contribution in [2.45, 2.75) is 26.5 Å². The van der Waals surface area contributed by atoms with Gasteiger partial charge in [-0.05, 0) is 31.9 Å². The molecular formula is C19H20N2O. The van der Waals surface area contributed by atoms with E-state index in [4.69, 9.17) is 0 Å². The zero-order valence-corrected chi connectivity index (χ0v) is 13.1. The number of benzene rings is 2. The van der Waals surface area contributed by atoms with Crippen LogP contribution in [-0.2, 0) is 5.72 Å². The van der Waals surface area contributed by atoms with Gasteiger partial charge in [-0.25, -0.2) is 4.98 Å². The third-order valence-electron chi connectivity index (χ3n) is 4.21.